The van der Waals surface area contributed by atoms with Crippen molar-refractivity contribution in [3.63, 3.8) is 0 Å². The summed E-state index contributed by atoms with van der Waals surface area (Å²) in [5, 5.41) is 9.03. The molecular formula is C12H15BrFNO4S. The fourth-order valence-electron chi connectivity index (χ4n) is 1.60. The van der Waals surface area contributed by atoms with E-state index >= 15 is 0 Å². The minimum Gasteiger partial charge on any atom is -0.480 e. The Bertz CT molecular complexity index is 603. The summed E-state index contributed by atoms with van der Waals surface area (Å²) < 4.78 is 40.1. The summed E-state index contributed by atoms with van der Waals surface area (Å²) in [6, 6.07) is 2.15. The molecule has 0 heterocycles. The van der Waals surface area contributed by atoms with Gasteiger partial charge in [0.25, 0.3) is 0 Å². The lowest BCUT2D eigenvalue weighted by atomic mass is 10.1. The van der Waals surface area contributed by atoms with Crippen molar-refractivity contribution in [1.82, 2.24) is 4.72 Å². The van der Waals surface area contributed by atoms with Gasteiger partial charge in [-0.2, -0.15) is 4.72 Å². The highest BCUT2D eigenvalue weighted by Crippen LogP contribution is 2.20. The van der Waals surface area contributed by atoms with Gasteiger partial charge < -0.3 is 5.11 Å². The standard InChI is InChI=1S/C12H15BrFNO4S/c1-7(2)5-10(12(16)17)15-20(18,19)11-6-8(13)3-4-9(11)14/h3-4,6-7,10,15H,5H2,1-2H3,(H,16,17)/t10-/m1/s1. The van der Waals surface area contributed by atoms with Crippen molar-refractivity contribution in [1.29, 1.82) is 0 Å². The average molecular weight is 368 g/mol. The van der Waals surface area contributed by atoms with Crippen LogP contribution in [0.25, 0.3) is 0 Å². The molecule has 0 saturated carbocycles. The monoisotopic (exact) mass is 367 g/mol. The van der Waals surface area contributed by atoms with E-state index in [1.807, 2.05) is 4.72 Å². The number of nitrogens with one attached hydrogen (secondary N) is 1. The number of benzene rings is 1. The van der Waals surface area contributed by atoms with Crippen molar-refractivity contribution >= 4 is 31.9 Å². The fourth-order valence-corrected chi connectivity index (χ4v) is 3.42. The Hall–Kier alpha value is -0.990. The van der Waals surface area contributed by atoms with Crippen molar-refractivity contribution in [3.05, 3.63) is 28.5 Å². The Kier molecular flexibility index (Phi) is 5.67. The third-order valence-electron chi connectivity index (χ3n) is 2.49. The molecule has 0 fully saturated rings. The lowest BCUT2D eigenvalue weighted by Crippen LogP contribution is -2.41. The van der Waals surface area contributed by atoms with Crippen molar-refractivity contribution in [3.8, 4) is 0 Å². The van der Waals surface area contributed by atoms with Gasteiger partial charge in [-0.1, -0.05) is 29.8 Å². The van der Waals surface area contributed by atoms with Gasteiger partial charge in [-0.15, -0.1) is 0 Å². The SMILES string of the molecule is CC(C)C[C@@H](NS(=O)(=O)c1cc(Br)ccc1F)C(=O)O. The molecule has 0 saturated heterocycles. The Morgan fingerprint density at radius 3 is 2.55 bits per heavy atom. The summed E-state index contributed by atoms with van der Waals surface area (Å²) in [6.07, 6.45) is 0.115. The molecule has 0 spiro atoms. The van der Waals surface area contributed by atoms with Gasteiger partial charge in [0.05, 0.1) is 0 Å². The van der Waals surface area contributed by atoms with E-state index in [0.717, 1.165) is 12.1 Å². The van der Waals surface area contributed by atoms with Gasteiger partial charge in [-0.25, -0.2) is 12.8 Å². The Labute approximate surface area is 125 Å². The second-order valence-corrected chi connectivity index (χ2v) is 7.31. The highest BCUT2D eigenvalue weighted by Gasteiger charge is 2.28. The summed E-state index contributed by atoms with van der Waals surface area (Å²) in [4.78, 5) is 10.5. The number of rotatable bonds is 6. The molecule has 0 aliphatic heterocycles. The lowest BCUT2D eigenvalue weighted by molar-refractivity contribution is -0.139. The van der Waals surface area contributed by atoms with Gasteiger partial charge in [0, 0.05) is 4.47 Å². The van der Waals surface area contributed by atoms with E-state index in [1.165, 1.54) is 6.07 Å². The zero-order valence-electron chi connectivity index (χ0n) is 10.9. The van der Waals surface area contributed by atoms with Gasteiger partial charge in [0.15, 0.2) is 0 Å². The zero-order chi connectivity index (χ0) is 15.5. The van der Waals surface area contributed by atoms with Crippen molar-refractivity contribution < 1.29 is 22.7 Å². The molecule has 2 N–H and O–H groups in total. The third-order valence-corrected chi connectivity index (χ3v) is 4.47. The molecule has 0 aliphatic carbocycles. The van der Waals surface area contributed by atoms with E-state index in [-0.39, 0.29) is 12.3 Å². The zero-order valence-corrected chi connectivity index (χ0v) is 13.3. The number of aliphatic carboxylic acids is 1. The maximum Gasteiger partial charge on any atom is 0.321 e. The molecule has 0 bridgehead atoms. The predicted octanol–water partition coefficient (Wildman–Crippen LogP) is 2.37. The molecule has 0 aliphatic rings. The Morgan fingerprint density at radius 1 is 1.45 bits per heavy atom. The number of hydrogen-bond donors (Lipinski definition) is 2. The van der Waals surface area contributed by atoms with Gasteiger partial charge in [-0.05, 0) is 30.5 Å². The number of carbonyl (C=O) groups is 1. The van der Waals surface area contributed by atoms with Crippen LogP contribution in [0.1, 0.15) is 20.3 Å². The van der Waals surface area contributed by atoms with Crippen LogP contribution in [0.3, 0.4) is 0 Å². The molecule has 8 heteroatoms. The smallest absolute Gasteiger partial charge is 0.321 e. The highest BCUT2D eigenvalue weighted by molar-refractivity contribution is 9.10. The second-order valence-electron chi connectivity index (χ2n) is 4.72. The lowest BCUT2D eigenvalue weighted by Gasteiger charge is -2.17. The summed E-state index contributed by atoms with van der Waals surface area (Å²) in [5.74, 6) is -2.25. The molecule has 0 radical (unpaired) electrons. The van der Waals surface area contributed by atoms with Crippen LogP contribution in [-0.4, -0.2) is 25.5 Å². The van der Waals surface area contributed by atoms with Crippen LogP contribution in [0.15, 0.2) is 27.6 Å². The molecule has 1 atom stereocenters. The van der Waals surface area contributed by atoms with Crippen LogP contribution in [0, 0.1) is 11.7 Å². The number of carboxylic acids is 1. The van der Waals surface area contributed by atoms with Crippen LogP contribution in [0.2, 0.25) is 0 Å². The number of halogens is 2. The minimum absolute atomic E-state index is 0.0221. The third kappa shape index (κ3) is 4.53. The summed E-state index contributed by atoms with van der Waals surface area (Å²) in [6.45, 7) is 3.54. The molecule has 112 valence electrons. The first kappa shape index (κ1) is 17.1. The Balaban J connectivity index is 3.09. The largest absolute Gasteiger partial charge is 0.480 e. The molecule has 1 aromatic carbocycles. The highest BCUT2D eigenvalue weighted by atomic mass is 79.9. The van der Waals surface area contributed by atoms with Gasteiger partial charge in [-0.3, -0.25) is 4.79 Å². The topological polar surface area (TPSA) is 83.5 Å². The number of hydrogen-bond acceptors (Lipinski definition) is 3. The summed E-state index contributed by atoms with van der Waals surface area (Å²) in [7, 11) is -4.24. The van der Waals surface area contributed by atoms with Crippen LogP contribution in [0.4, 0.5) is 4.39 Å². The number of carboxylic acid groups (broad SMARTS) is 1. The first-order valence-electron chi connectivity index (χ1n) is 5.83. The molecule has 5 nitrogen and oxygen atoms in total. The first-order valence-corrected chi connectivity index (χ1v) is 8.11. The van der Waals surface area contributed by atoms with E-state index in [1.54, 1.807) is 13.8 Å². The predicted molar refractivity (Wildman–Crippen MR) is 75.3 cm³/mol. The second kappa shape index (κ2) is 6.64. The molecule has 1 aromatic rings. The average Bonchev–Trinajstić information content (AvgIpc) is 2.30. The van der Waals surface area contributed by atoms with Crippen molar-refractivity contribution in [2.75, 3.05) is 0 Å². The van der Waals surface area contributed by atoms with Crippen LogP contribution in [0.5, 0.6) is 0 Å². The maximum absolute atomic E-state index is 13.6. The summed E-state index contributed by atoms with van der Waals surface area (Å²) in [5.41, 5.74) is 0. The van der Waals surface area contributed by atoms with Crippen LogP contribution >= 0.6 is 15.9 Å². The Morgan fingerprint density at radius 2 is 2.05 bits per heavy atom. The quantitative estimate of drug-likeness (QED) is 0.808. The van der Waals surface area contributed by atoms with Crippen LogP contribution < -0.4 is 4.72 Å². The van der Waals surface area contributed by atoms with Gasteiger partial charge in [0.2, 0.25) is 10.0 Å². The van der Waals surface area contributed by atoms with Crippen LogP contribution in [-0.2, 0) is 14.8 Å². The van der Waals surface area contributed by atoms with E-state index in [0.29, 0.717) is 4.47 Å². The molecule has 0 aromatic heterocycles. The molecule has 0 amide bonds. The molecule has 20 heavy (non-hydrogen) atoms. The molecular weight excluding hydrogens is 353 g/mol. The summed E-state index contributed by atoms with van der Waals surface area (Å²) >= 11 is 3.05. The van der Waals surface area contributed by atoms with E-state index in [9.17, 15) is 17.6 Å². The maximum atomic E-state index is 13.6. The molecule has 0 unspecified atom stereocenters. The minimum atomic E-state index is -4.24. The normalized spacial score (nSPS) is 13.4. The van der Waals surface area contributed by atoms with Crippen molar-refractivity contribution in [2.24, 2.45) is 5.92 Å². The van der Waals surface area contributed by atoms with E-state index in [2.05, 4.69) is 15.9 Å². The number of sulfonamides is 1. The molecule has 1 rings (SSSR count). The first-order chi connectivity index (χ1) is 9.13. The van der Waals surface area contributed by atoms with E-state index in [4.69, 9.17) is 5.11 Å². The fraction of sp³-hybridized carbons (Fsp3) is 0.417. The van der Waals surface area contributed by atoms with Gasteiger partial charge in [0.1, 0.15) is 16.8 Å². The van der Waals surface area contributed by atoms with Gasteiger partial charge >= 0.3 is 5.97 Å². The van der Waals surface area contributed by atoms with Crippen molar-refractivity contribution in [2.45, 2.75) is 31.2 Å². The van der Waals surface area contributed by atoms with E-state index < -0.39 is 32.7 Å².